The van der Waals surface area contributed by atoms with Crippen LogP contribution in [-0.4, -0.2) is 22.2 Å². The van der Waals surface area contributed by atoms with E-state index < -0.39 is 18.4 Å². The average molecular weight is 212 g/mol. The van der Waals surface area contributed by atoms with E-state index in [1.54, 1.807) is 17.5 Å². The third-order valence-electron chi connectivity index (χ3n) is 1.48. The van der Waals surface area contributed by atoms with Crippen molar-refractivity contribution in [2.75, 3.05) is 0 Å². The Morgan fingerprint density at radius 3 is 2.57 bits per heavy atom. The van der Waals surface area contributed by atoms with Gasteiger partial charge < -0.3 is 10.2 Å². The summed E-state index contributed by atoms with van der Waals surface area (Å²) >= 11 is 1.36. The maximum Gasteiger partial charge on any atom is 0.332 e. The van der Waals surface area contributed by atoms with E-state index in [0.717, 1.165) is 4.88 Å². The van der Waals surface area contributed by atoms with Crippen LogP contribution in [0.3, 0.4) is 0 Å². The molecule has 0 saturated heterocycles. The molecule has 5 heteroatoms. The first-order chi connectivity index (χ1) is 6.59. The molecule has 0 atom stereocenters. The van der Waals surface area contributed by atoms with Gasteiger partial charge in [0.2, 0.25) is 0 Å². The molecule has 2 N–H and O–H groups in total. The number of aliphatic carboxylic acids is 2. The minimum absolute atomic E-state index is 0.111. The van der Waals surface area contributed by atoms with E-state index in [9.17, 15) is 9.59 Å². The predicted octanol–water partition coefficient (Wildman–Crippen LogP) is 1.69. The molecule has 1 rings (SSSR count). The van der Waals surface area contributed by atoms with Crippen molar-refractivity contribution in [1.29, 1.82) is 0 Å². The summed E-state index contributed by atoms with van der Waals surface area (Å²) in [5, 5.41) is 19.0. The number of carboxylic acid groups (broad SMARTS) is 2. The number of carbonyl (C=O) groups is 2. The SMILES string of the molecule is O=C(O)C/C(=C\c1cccs1)C(=O)O. The van der Waals surface area contributed by atoms with Crippen LogP contribution in [0.2, 0.25) is 0 Å². The lowest BCUT2D eigenvalue weighted by atomic mass is 10.1. The van der Waals surface area contributed by atoms with Crippen molar-refractivity contribution in [1.82, 2.24) is 0 Å². The van der Waals surface area contributed by atoms with Crippen LogP contribution >= 0.6 is 11.3 Å². The third-order valence-corrected chi connectivity index (χ3v) is 2.30. The lowest BCUT2D eigenvalue weighted by molar-refractivity contribution is -0.139. The lowest BCUT2D eigenvalue weighted by Gasteiger charge is -1.96. The van der Waals surface area contributed by atoms with Crippen LogP contribution in [-0.2, 0) is 9.59 Å². The summed E-state index contributed by atoms with van der Waals surface area (Å²) in [6, 6.07) is 3.51. The van der Waals surface area contributed by atoms with Crippen LogP contribution in [0.15, 0.2) is 23.1 Å². The van der Waals surface area contributed by atoms with Crippen LogP contribution in [0.4, 0.5) is 0 Å². The number of carboxylic acids is 2. The molecule has 0 amide bonds. The quantitative estimate of drug-likeness (QED) is 0.745. The average Bonchev–Trinajstić information content (AvgIpc) is 2.54. The molecule has 0 bridgehead atoms. The van der Waals surface area contributed by atoms with Crippen molar-refractivity contribution in [2.45, 2.75) is 6.42 Å². The Bertz CT molecular complexity index is 364. The molecule has 0 fully saturated rings. The van der Waals surface area contributed by atoms with Gasteiger partial charge in [-0.05, 0) is 17.5 Å². The predicted molar refractivity (Wildman–Crippen MR) is 52.2 cm³/mol. The van der Waals surface area contributed by atoms with E-state index in [1.165, 1.54) is 17.4 Å². The normalized spacial score (nSPS) is 11.3. The number of thiophene rings is 1. The van der Waals surface area contributed by atoms with Crippen molar-refractivity contribution >= 4 is 29.4 Å². The molecule has 1 aromatic rings. The fourth-order valence-corrected chi connectivity index (χ4v) is 1.58. The van der Waals surface area contributed by atoms with Gasteiger partial charge in [0.25, 0.3) is 0 Å². The first-order valence-electron chi connectivity index (χ1n) is 3.79. The molecule has 0 radical (unpaired) electrons. The molecule has 4 nitrogen and oxygen atoms in total. The molecule has 1 aromatic heterocycles. The van der Waals surface area contributed by atoms with E-state index in [1.807, 2.05) is 0 Å². The standard InChI is InChI=1S/C9H8O4S/c10-8(11)5-6(9(12)13)4-7-2-1-3-14-7/h1-4H,5H2,(H,10,11)(H,12,13)/b6-4+. The number of hydrogen-bond acceptors (Lipinski definition) is 3. The van der Waals surface area contributed by atoms with E-state index >= 15 is 0 Å². The van der Waals surface area contributed by atoms with Gasteiger partial charge in [0.1, 0.15) is 0 Å². The first kappa shape index (κ1) is 10.5. The summed E-state index contributed by atoms with van der Waals surface area (Å²) in [6.45, 7) is 0. The van der Waals surface area contributed by atoms with E-state index in [4.69, 9.17) is 10.2 Å². The van der Waals surface area contributed by atoms with Crippen molar-refractivity contribution in [2.24, 2.45) is 0 Å². The van der Waals surface area contributed by atoms with Gasteiger partial charge in [-0.3, -0.25) is 4.79 Å². The van der Waals surface area contributed by atoms with Crippen molar-refractivity contribution in [3.05, 3.63) is 28.0 Å². The van der Waals surface area contributed by atoms with Crippen molar-refractivity contribution < 1.29 is 19.8 Å². The summed E-state index contributed by atoms with van der Waals surface area (Å²) in [4.78, 5) is 21.7. The maximum absolute atomic E-state index is 10.6. The molecular formula is C9H8O4S. The molecule has 0 aliphatic heterocycles. The number of rotatable bonds is 4. The largest absolute Gasteiger partial charge is 0.481 e. The fraction of sp³-hybridized carbons (Fsp3) is 0.111. The van der Waals surface area contributed by atoms with E-state index in [-0.39, 0.29) is 5.57 Å². The monoisotopic (exact) mass is 212 g/mol. The van der Waals surface area contributed by atoms with Crippen LogP contribution in [0.1, 0.15) is 11.3 Å². The lowest BCUT2D eigenvalue weighted by Crippen LogP contribution is -2.06. The Kier molecular flexibility index (Phi) is 3.41. The summed E-state index contributed by atoms with van der Waals surface area (Å²) < 4.78 is 0. The van der Waals surface area contributed by atoms with Crippen LogP contribution in [0, 0.1) is 0 Å². The highest BCUT2D eigenvalue weighted by atomic mass is 32.1. The molecule has 14 heavy (non-hydrogen) atoms. The zero-order chi connectivity index (χ0) is 10.6. The van der Waals surface area contributed by atoms with Crippen LogP contribution in [0.5, 0.6) is 0 Å². The Morgan fingerprint density at radius 1 is 1.43 bits per heavy atom. The summed E-state index contributed by atoms with van der Waals surface area (Å²) in [6.07, 6.45) is 0.911. The van der Waals surface area contributed by atoms with Gasteiger partial charge in [-0.15, -0.1) is 11.3 Å². The molecule has 0 aromatic carbocycles. The van der Waals surface area contributed by atoms with Gasteiger partial charge in [0.05, 0.1) is 6.42 Å². The second-order valence-corrected chi connectivity index (χ2v) is 3.54. The minimum atomic E-state index is -1.19. The molecule has 74 valence electrons. The summed E-state index contributed by atoms with van der Waals surface area (Å²) in [7, 11) is 0. The zero-order valence-corrected chi connectivity index (χ0v) is 7.95. The zero-order valence-electron chi connectivity index (χ0n) is 7.14. The third kappa shape index (κ3) is 3.02. The van der Waals surface area contributed by atoms with Crippen molar-refractivity contribution in [3.63, 3.8) is 0 Å². The molecule has 1 heterocycles. The van der Waals surface area contributed by atoms with Gasteiger partial charge in [0, 0.05) is 10.5 Å². The molecule has 0 aliphatic rings. The molecule has 0 spiro atoms. The van der Waals surface area contributed by atoms with Crippen LogP contribution < -0.4 is 0 Å². The van der Waals surface area contributed by atoms with Gasteiger partial charge in [0.15, 0.2) is 0 Å². The number of hydrogen-bond donors (Lipinski definition) is 2. The van der Waals surface area contributed by atoms with Gasteiger partial charge >= 0.3 is 11.9 Å². The molecule has 0 aliphatic carbocycles. The van der Waals surface area contributed by atoms with Crippen molar-refractivity contribution in [3.8, 4) is 0 Å². The van der Waals surface area contributed by atoms with Gasteiger partial charge in [-0.25, -0.2) is 4.79 Å². The summed E-state index contributed by atoms with van der Waals surface area (Å²) in [5.74, 6) is -2.34. The van der Waals surface area contributed by atoms with Crippen LogP contribution in [0.25, 0.3) is 6.08 Å². The second kappa shape index (κ2) is 4.57. The second-order valence-electron chi connectivity index (χ2n) is 2.56. The summed E-state index contributed by atoms with van der Waals surface area (Å²) in [5.41, 5.74) is -0.111. The van der Waals surface area contributed by atoms with E-state index in [0.29, 0.717) is 0 Å². The highest BCUT2D eigenvalue weighted by molar-refractivity contribution is 7.10. The van der Waals surface area contributed by atoms with E-state index in [2.05, 4.69) is 0 Å². The Morgan fingerprint density at radius 2 is 2.14 bits per heavy atom. The molecule has 0 saturated carbocycles. The molecule has 0 unspecified atom stereocenters. The highest BCUT2D eigenvalue weighted by Gasteiger charge is 2.11. The highest BCUT2D eigenvalue weighted by Crippen LogP contribution is 2.15. The Balaban J connectivity index is 2.88. The Labute approximate surface area is 84.1 Å². The fourth-order valence-electron chi connectivity index (χ4n) is 0.896. The topological polar surface area (TPSA) is 74.6 Å². The van der Waals surface area contributed by atoms with Gasteiger partial charge in [-0.2, -0.15) is 0 Å². The van der Waals surface area contributed by atoms with Gasteiger partial charge in [-0.1, -0.05) is 6.07 Å². The minimum Gasteiger partial charge on any atom is -0.481 e. The first-order valence-corrected chi connectivity index (χ1v) is 4.66. The smallest absolute Gasteiger partial charge is 0.332 e. The Hall–Kier alpha value is -1.62. The molecular weight excluding hydrogens is 204 g/mol. The maximum atomic E-state index is 10.6.